The Balaban J connectivity index is 1.39. The number of carbonyl (C=O) groups is 3. The summed E-state index contributed by atoms with van der Waals surface area (Å²) in [6.07, 6.45) is 1.67. The number of esters is 1. The van der Waals surface area contributed by atoms with Gasteiger partial charge in [0.15, 0.2) is 13.2 Å². The molecule has 0 bridgehead atoms. The molecule has 28 heavy (non-hydrogen) atoms. The first kappa shape index (κ1) is 17.5. The molecule has 3 aromatic rings. The summed E-state index contributed by atoms with van der Waals surface area (Å²) in [7, 11) is 0. The van der Waals surface area contributed by atoms with Gasteiger partial charge in [-0.1, -0.05) is 6.07 Å². The molecule has 0 spiro atoms. The Morgan fingerprint density at radius 2 is 2.07 bits per heavy atom. The first-order valence-electron chi connectivity index (χ1n) is 8.47. The van der Waals surface area contributed by atoms with Crippen LogP contribution in [-0.4, -0.2) is 36.0 Å². The molecule has 2 N–H and O–H groups in total. The van der Waals surface area contributed by atoms with Crippen LogP contribution < -0.4 is 15.4 Å². The van der Waals surface area contributed by atoms with Crippen molar-refractivity contribution in [1.29, 1.82) is 0 Å². The van der Waals surface area contributed by atoms with E-state index in [1.54, 1.807) is 30.5 Å². The number of fused-ring (bicyclic) bond motifs is 2. The van der Waals surface area contributed by atoms with Crippen molar-refractivity contribution in [2.75, 3.05) is 23.8 Å². The second-order valence-electron chi connectivity index (χ2n) is 6.05. The Morgan fingerprint density at radius 1 is 1.18 bits per heavy atom. The molecule has 0 atom stereocenters. The molecule has 0 aliphatic carbocycles. The fourth-order valence-electron chi connectivity index (χ4n) is 2.81. The SMILES string of the molecule is O=C1COc2cc(C(=O)OCC(=O)Nc3cccc4ncccc34)ccc2N1. The molecule has 2 aromatic carbocycles. The van der Waals surface area contributed by atoms with Crippen LogP contribution in [0.2, 0.25) is 0 Å². The second kappa shape index (κ2) is 7.36. The average molecular weight is 377 g/mol. The van der Waals surface area contributed by atoms with E-state index in [0.29, 0.717) is 17.1 Å². The Kier molecular flexibility index (Phi) is 4.59. The highest BCUT2D eigenvalue weighted by molar-refractivity contribution is 6.02. The summed E-state index contributed by atoms with van der Waals surface area (Å²) < 4.78 is 10.3. The maximum absolute atomic E-state index is 12.2. The molecule has 8 heteroatoms. The second-order valence-corrected chi connectivity index (χ2v) is 6.05. The average Bonchev–Trinajstić information content (AvgIpc) is 2.72. The highest BCUT2D eigenvalue weighted by Gasteiger charge is 2.19. The molecule has 1 aliphatic heterocycles. The van der Waals surface area contributed by atoms with E-state index in [4.69, 9.17) is 9.47 Å². The number of nitrogens with one attached hydrogen (secondary N) is 2. The van der Waals surface area contributed by atoms with Gasteiger partial charge in [0.2, 0.25) is 0 Å². The van der Waals surface area contributed by atoms with E-state index >= 15 is 0 Å². The number of ether oxygens (including phenoxy) is 2. The Labute approximate surface area is 159 Å². The standard InChI is InChI=1S/C20H15N3O5/c24-18-10-27-17-9-12(6-7-16(17)23-18)20(26)28-11-19(25)22-15-5-1-4-14-13(15)3-2-8-21-14/h1-9H,10-11H2,(H,22,25)(H,23,24). The smallest absolute Gasteiger partial charge is 0.338 e. The molecular weight excluding hydrogens is 362 g/mol. The number of benzene rings is 2. The van der Waals surface area contributed by atoms with Crippen LogP contribution >= 0.6 is 0 Å². The largest absolute Gasteiger partial charge is 0.482 e. The predicted molar refractivity (Wildman–Crippen MR) is 101 cm³/mol. The summed E-state index contributed by atoms with van der Waals surface area (Å²) in [5.74, 6) is -1.02. The number of carbonyl (C=O) groups excluding carboxylic acids is 3. The van der Waals surface area contributed by atoms with Gasteiger partial charge in [0.1, 0.15) is 5.75 Å². The Morgan fingerprint density at radius 3 is 2.96 bits per heavy atom. The third-order valence-corrected chi connectivity index (χ3v) is 4.10. The zero-order valence-electron chi connectivity index (χ0n) is 14.6. The monoisotopic (exact) mass is 377 g/mol. The molecule has 1 aliphatic rings. The van der Waals surface area contributed by atoms with Gasteiger partial charge in [0, 0.05) is 11.6 Å². The molecule has 2 amide bonds. The van der Waals surface area contributed by atoms with Crippen molar-refractivity contribution in [3.63, 3.8) is 0 Å². The number of pyridine rings is 1. The normalized spacial score (nSPS) is 12.5. The van der Waals surface area contributed by atoms with Crippen molar-refractivity contribution >= 4 is 40.1 Å². The first-order valence-corrected chi connectivity index (χ1v) is 8.47. The summed E-state index contributed by atoms with van der Waals surface area (Å²) in [4.78, 5) is 39.9. The Hall–Kier alpha value is -3.94. The summed E-state index contributed by atoms with van der Waals surface area (Å²) in [6.45, 7) is -0.558. The number of anilines is 2. The molecule has 8 nitrogen and oxygen atoms in total. The lowest BCUT2D eigenvalue weighted by Gasteiger charge is -2.18. The minimum Gasteiger partial charge on any atom is -0.482 e. The van der Waals surface area contributed by atoms with Crippen LogP contribution in [0.15, 0.2) is 54.7 Å². The van der Waals surface area contributed by atoms with Gasteiger partial charge in [-0.25, -0.2) is 4.79 Å². The van der Waals surface area contributed by atoms with Gasteiger partial charge in [-0.3, -0.25) is 14.6 Å². The van der Waals surface area contributed by atoms with Crippen LogP contribution in [0, 0.1) is 0 Å². The Bertz CT molecular complexity index is 1090. The fourth-order valence-corrected chi connectivity index (χ4v) is 2.81. The highest BCUT2D eigenvalue weighted by Crippen LogP contribution is 2.28. The van der Waals surface area contributed by atoms with Gasteiger partial charge in [0.25, 0.3) is 11.8 Å². The number of aromatic nitrogens is 1. The van der Waals surface area contributed by atoms with Crippen LogP contribution in [0.4, 0.5) is 11.4 Å². The van der Waals surface area contributed by atoms with Crippen LogP contribution in [0.5, 0.6) is 5.75 Å². The zero-order chi connectivity index (χ0) is 19.5. The molecule has 1 aromatic heterocycles. The first-order chi connectivity index (χ1) is 13.6. The van der Waals surface area contributed by atoms with E-state index in [0.717, 1.165) is 10.9 Å². The molecule has 0 saturated carbocycles. The number of hydrogen-bond acceptors (Lipinski definition) is 6. The van der Waals surface area contributed by atoms with Crippen molar-refractivity contribution < 1.29 is 23.9 Å². The number of hydrogen-bond donors (Lipinski definition) is 2. The lowest BCUT2D eigenvalue weighted by atomic mass is 10.1. The van der Waals surface area contributed by atoms with E-state index in [1.807, 2.05) is 12.1 Å². The van der Waals surface area contributed by atoms with Gasteiger partial charge in [-0.05, 0) is 42.5 Å². The van der Waals surface area contributed by atoms with Crippen LogP contribution in [-0.2, 0) is 14.3 Å². The molecule has 4 rings (SSSR count). The predicted octanol–water partition coefficient (Wildman–Crippen LogP) is 2.36. The van der Waals surface area contributed by atoms with E-state index < -0.39 is 18.5 Å². The van der Waals surface area contributed by atoms with Gasteiger partial charge >= 0.3 is 5.97 Å². The number of amides is 2. The fraction of sp³-hybridized carbons (Fsp3) is 0.100. The van der Waals surface area contributed by atoms with Crippen molar-refractivity contribution in [2.24, 2.45) is 0 Å². The summed E-state index contributed by atoms with van der Waals surface area (Å²) in [6, 6.07) is 13.5. The third kappa shape index (κ3) is 3.61. The molecule has 0 fully saturated rings. The minimum absolute atomic E-state index is 0.117. The van der Waals surface area contributed by atoms with Crippen LogP contribution in [0.3, 0.4) is 0 Å². The molecule has 0 radical (unpaired) electrons. The van der Waals surface area contributed by atoms with E-state index in [1.165, 1.54) is 12.1 Å². The maximum Gasteiger partial charge on any atom is 0.338 e. The lowest BCUT2D eigenvalue weighted by molar-refractivity contribution is -0.119. The van der Waals surface area contributed by atoms with Gasteiger partial charge in [-0.15, -0.1) is 0 Å². The topological polar surface area (TPSA) is 107 Å². The van der Waals surface area contributed by atoms with Crippen LogP contribution in [0.25, 0.3) is 10.9 Å². The third-order valence-electron chi connectivity index (χ3n) is 4.10. The van der Waals surface area contributed by atoms with Crippen molar-refractivity contribution in [3.8, 4) is 5.75 Å². The quantitative estimate of drug-likeness (QED) is 0.676. The van der Waals surface area contributed by atoms with Crippen molar-refractivity contribution in [2.45, 2.75) is 0 Å². The molecule has 0 unspecified atom stereocenters. The van der Waals surface area contributed by atoms with Crippen molar-refractivity contribution in [3.05, 3.63) is 60.3 Å². The van der Waals surface area contributed by atoms with Crippen LogP contribution in [0.1, 0.15) is 10.4 Å². The molecule has 0 saturated heterocycles. The van der Waals surface area contributed by atoms with Gasteiger partial charge < -0.3 is 20.1 Å². The lowest BCUT2D eigenvalue weighted by Crippen LogP contribution is -2.25. The highest BCUT2D eigenvalue weighted by atomic mass is 16.5. The summed E-state index contributed by atoms with van der Waals surface area (Å²) >= 11 is 0. The van der Waals surface area contributed by atoms with Gasteiger partial charge in [-0.2, -0.15) is 0 Å². The van der Waals surface area contributed by atoms with E-state index in [-0.39, 0.29) is 18.1 Å². The van der Waals surface area contributed by atoms with Crippen molar-refractivity contribution in [1.82, 2.24) is 4.98 Å². The van der Waals surface area contributed by atoms with E-state index in [9.17, 15) is 14.4 Å². The number of rotatable bonds is 4. The summed E-state index contributed by atoms with van der Waals surface area (Å²) in [5, 5.41) is 6.14. The summed E-state index contributed by atoms with van der Waals surface area (Å²) in [5.41, 5.74) is 2.04. The van der Waals surface area contributed by atoms with E-state index in [2.05, 4.69) is 15.6 Å². The molecular formula is C20H15N3O5. The minimum atomic E-state index is -0.668. The van der Waals surface area contributed by atoms with Gasteiger partial charge in [0.05, 0.1) is 22.5 Å². The molecule has 2 heterocycles. The molecule has 140 valence electrons. The maximum atomic E-state index is 12.2. The number of nitrogens with zero attached hydrogens (tertiary/aromatic N) is 1. The zero-order valence-corrected chi connectivity index (χ0v) is 14.6.